The van der Waals surface area contributed by atoms with Crippen LogP contribution in [0.2, 0.25) is 0 Å². The average molecular weight is 464 g/mol. The van der Waals surface area contributed by atoms with Crippen LogP contribution in [0.1, 0.15) is 37.0 Å². The van der Waals surface area contributed by atoms with Crippen LogP contribution in [0.3, 0.4) is 0 Å². The number of amides is 1. The van der Waals surface area contributed by atoms with Crippen molar-refractivity contribution in [3.8, 4) is 17.1 Å². The largest absolute Gasteiger partial charge is 0.497 e. The Bertz CT molecular complexity index is 1070. The highest BCUT2D eigenvalue weighted by Gasteiger charge is 2.24. The summed E-state index contributed by atoms with van der Waals surface area (Å²) < 4.78 is 10.7. The summed E-state index contributed by atoms with van der Waals surface area (Å²) in [7, 11) is 1.64. The van der Waals surface area contributed by atoms with E-state index in [4.69, 9.17) is 9.26 Å². The van der Waals surface area contributed by atoms with Crippen LogP contribution in [-0.4, -0.2) is 71.7 Å². The summed E-state index contributed by atoms with van der Waals surface area (Å²) >= 11 is 0. The van der Waals surface area contributed by atoms with E-state index in [2.05, 4.69) is 40.7 Å². The molecule has 0 bridgehead atoms. The van der Waals surface area contributed by atoms with Gasteiger partial charge in [0.25, 0.3) is 5.91 Å². The molecule has 1 fully saturated rings. The van der Waals surface area contributed by atoms with Gasteiger partial charge in [-0.3, -0.25) is 9.69 Å². The Labute approximate surface area is 201 Å². The zero-order valence-corrected chi connectivity index (χ0v) is 20.4. The molecular formula is C26H33N5O3. The number of benzene rings is 2. The smallest absolute Gasteiger partial charge is 0.253 e. The second-order valence-electron chi connectivity index (χ2n) is 8.74. The molecule has 1 aromatic heterocycles. The van der Waals surface area contributed by atoms with E-state index in [0.29, 0.717) is 37.4 Å². The lowest BCUT2D eigenvalue weighted by atomic mass is 10.1. The minimum atomic E-state index is 0.0818. The van der Waals surface area contributed by atoms with Crippen LogP contribution in [0.5, 0.6) is 5.75 Å². The van der Waals surface area contributed by atoms with Crippen LogP contribution in [0, 0.1) is 0 Å². The number of methoxy groups -OCH3 is 1. The molecule has 0 spiro atoms. The standard InChI is InChI=1S/C26H33N5O3/c1-5-31(19(2)3)22-10-6-21(7-11-22)26(32)30-16-14-29(15-17-30)18-24-27-25(28-34-24)20-8-12-23(33-4)13-9-20/h6-13,19H,5,14-18H2,1-4H3. The molecule has 1 amide bonds. The highest BCUT2D eigenvalue weighted by atomic mass is 16.5. The van der Waals surface area contributed by atoms with Crippen molar-refractivity contribution in [2.75, 3.05) is 44.7 Å². The molecule has 34 heavy (non-hydrogen) atoms. The van der Waals surface area contributed by atoms with E-state index >= 15 is 0 Å². The first-order valence-electron chi connectivity index (χ1n) is 11.8. The fourth-order valence-corrected chi connectivity index (χ4v) is 4.30. The molecule has 2 heterocycles. The van der Waals surface area contributed by atoms with Gasteiger partial charge in [0.2, 0.25) is 11.7 Å². The van der Waals surface area contributed by atoms with Gasteiger partial charge in [0.05, 0.1) is 13.7 Å². The van der Waals surface area contributed by atoms with Crippen molar-refractivity contribution < 1.29 is 14.1 Å². The molecule has 0 atom stereocenters. The number of hydrogen-bond acceptors (Lipinski definition) is 7. The van der Waals surface area contributed by atoms with E-state index in [0.717, 1.165) is 42.2 Å². The third kappa shape index (κ3) is 5.39. The van der Waals surface area contributed by atoms with Crippen molar-refractivity contribution in [2.45, 2.75) is 33.4 Å². The number of aromatic nitrogens is 2. The normalized spacial score (nSPS) is 14.4. The second kappa shape index (κ2) is 10.7. The molecule has 4 rings (SSSR count). The Hall–Kier alpha value is -3.39. The van der Waals surface area contributed by atoms with Crippen LogP contribution in [0.4, 0.5) is 5.69 Å². The zero-order chi connectivity index (χ0) is 24.1. The molecule has 8 heteroatoms. The van der Waals surface area contributed by atoms with E-state index in [1.807, 2.05) is 53.4 Å². The highest BCUT2D eigenvalue weighted by molar-refractivity contribution is 5.94. The van der Waals surface area contributed by atoms with Gasteiger partial charge in [0.15, 0.2) is 0 Å². The van der Waals surface area contributed by atoms with Gasteiger partial charge < -0.3 is 19.1 Å². The maximum absolute atomic E-state index is 13.0. The van der Waals surface area contributed by atoms with Gasteiger partial charge in [-0.1, -0.05) is 5.16 Å². The average Bonchev–Trinajstić information content (AvgIpc) is 3.33. The van der Waals surface area contributed by atoms with Crippen LogP contribution in [-0.2, 0) is 6.54 Å². The predicted molar refractivity (Wildman–Crippen MR) is 132 cm³/mol. The third-order valence-corrected chi connectivity index (χ3v) is 6.24. The van der Waals surface area contributed by atoms with Gasteiger partial charge in [-0.15, -0.1) is 0 Å². The topological polar surface area (TPSA) is 74.9 Å². The van der Waals surface area contributed by atoms with Gasteiger partial charge in [-0.2, -0.15) is 4.98 Å². The van der Waals surface area contributed by atoms with E-state index in [-0.39, 0.29) is 5.91 Å². The molecule has 0 unspecified atom stereocenters. The lowest BCUT2D eigenvalue weighted by molar-refractivity contribution is 0.0615. The number of hydrogen-bond donors (Lipinski definition) is 0. The Morgan fingerprint density at radius 1 is 1.06 bits per heavy atom. The number of rotatable bonds is 8. The quantitative estimate of drug-likeness (QED) is 0.501. The van der Waals surface area contributed by atoms with Gasteiger partial charge in [0, 0.05) is 55.6 Å². The van der Waals surface area contributed by atoms with Crippen molar-refractivity contribution in [3.05, 3.63) is 60.0 Å². The summed E-state index contributed by atoms with van der Waals surface area (Å²) in [5.41, 5.74) is 2.76. The first-order chi connectivity index (χ1) is 16.5. The molecule has 180 valence electrons. The molecule has 1 saturated heterocycles. The van der Waals surface area contributed by atoms with Crippen LogP contribution in [0.15, 0.2) is 53.1 Å². The number of piperazine rings is 1. The molecular weight excluding hydrogens is 430 g/mol. The highest BCUT2D eigenvalue weighted by Crippen LogP contribution is 2.21. The number of carbonyl (C=O) groups excluding carboxylic acids is 1. The monoisotopic (exact) mass is 463 g/mol. The summed E-state index contributed by atoms with van der Waals surface area (Å²) in [5.74, 6) is 2.01. The van der Waals surface area contributed by atoms with Crippen molar-refractivity contribution >= 4 is 11.6 Å². The van der Waals surface area contributed by atoms with Crippen LogP contribution >= 0.6 is 0 Å². The molecule has 2 aromatic carbocycles. The molecule has 0 N–H and O–H groups in total. The number of anilines is 1. The summed E-state index contributed by atoms with van der Waals surface area (Å²) in [6, 6.07) is 16.0. The van der Waals surface area contributed by atoms with Crippen LogP contribution in [0.25, 0.3) is 11.4 Å². The molecule has 0 aliphatic carbocycles. The predicted octanol–water partition coefficient (Wildman–Crippen LogP) is 3.94. The van der Waals surface area contributed by atoms with E-state index in [9.17, 15) is 4.79 Å². The molecule has 3 aromatic rings. The lowest BCUT2D eigenvalue weighted by Gasteiger charge is -2.34. The van der Waals surface area contributed by atoms with E-state index < -0.39 is 0 Å². The molecule has 8 nitrogen and oxygen atoms in total. The maximum atomic E-state index is 13.0. The molecule has 1 aliphatic heterocycles. The first-order valence-corrected chi connectivity index (χ1v) is 11.8. The Kier molecular flexibility index (Phi) is 7.47. The van der Waals surface area contributed by atoms with Crippen LogP contribution < -0.4 is 9.64 Å². The number of ether oxygens (including phenoxy) is 1. The number of carbonyl (C=O) groups is 1. The Balaban J connectivity index is 1.30. The third-order valence-electron chi connectivity index (χ3n) is 6.24. The molecule has 0 saturated carbocycles. The van der Waals surface area contributed by atoms with Gasteiger partial charge in [-0.05, 0) is 69.3 Å². The van der Waals surface area contributed by atoms with Gasteiger partial charge in [0.1, 0.15) is 5.75 Å². The maximum Gasteiger partial charge on any atom is 0.253 e. The minimum absolute atomic E-state index is 0.0818. The van der Waals surface area contributed by atoms with Gasteiger partial charge in [-0.25, -0.2) is 0 Å². The summed E-state index contributed by atoms with van der Waals surface area (Å²) in [5, 5.41) is 4.11. The van der Waals surface area contributed by atoms with Crippen molar-refractivity contribution in [1.29, 1.82) is 0 Å². The van der Waals surface area contributed by atoms with Crippen molar-refractivity contribution in [1.82, 2.24) is 19.9 Å². The molecule has 0 radical (unpaired) electrons. The van der Waals surface area contributed by atoms with Crippen molar-refractivity contribution in [2.24, 2.45) is 0 Å². The number of nitrogens with zero attached hydrogens (tertiary/aromatic N) is 5. The summed E-state index contributed by atoms with van der Waals surface area (Å²) in [6.45, 7) is 10.9. The fraction of sp³-hybridized carbons (Fsp3) is 0.423. The lowest BCUT2D eigenvalue weighted by Crippen LogP contribution is -2.48. The Morgan fingerprint density at radius 3 is 2.32 bits per heavy atom. The zero-order valence-electron chi connectivity index (χ0n) is 20.4. The molecule has 1 aliphatic rings. The van der Waals surface area contributed by atoms with Crippen molar-refractivity contribution in [3.63, 3.8) is 0 Å². The SMILES string of the molecule is CCN(c1ccc(C(=O)N2CCN(Cc3nc(-c4ccc(OC)cc4)no3)CC2)cc1)C(C)C. The fourth-order valence-electron chi connectivity index (χ4n) is 4.30. The summed E-state index contributed by atoms with van der Waals surface area (Å²) in [6.07, 6.45) is 0. The summed E-state index contributed by atoms with van der Waals surface area (Å²) in [4.78, 5) is 24.0. The van der Waals surface area contributed by atoms with E-state index in [1.165, 1.54) is 0 Å². The van der Waals surface area contributed by atoms with E-state index in [1.54, 1.807) is 7.11 Å². The van der Waals surface area contributed by atoms with Gasteiger partial charge >= 0.3 is 0 Å². The minimum Gasteiger partial charge on any atom is -0.497 e. The first kappa shape index (κ1) is 23.8. The second-order valence-corrected chi connectivity index (χ2v) is 8.74. The Morgan fingerprint density at radius 2 is 1.74 bits per heavy atom.